The second kappa shape index (κ2) is 5.89. The highest BCUT2D eigenvalue weighted by atomic mass is 79.9. The third-order valence-corrected chi connectivity index (χ3v) is 3.59. The van der Waals surface area contributed by atoms with Gasteiger partial charge in [-0.3, -0.25) is 4.79 Å². The molecule has 1 aromatic heterocycles. The number of amides is 1. The van der Waals surface area contributed by atoms with Crippen LogP contribution in [0.1, 0.15) is 49.1 Å². The summed E-state index contributed by atoms with van der Waals surface area (Å²) < 4.78 is 3.00. The second-order valence-corrected chi connectivity index (χ2v) is 5.84. The number of nitrogens with zero attached hydrogens (tertiary/aromatic N) is 1. The molecule has 2 rings (SSSR count). The van der Waals surface area contributed by atoms with Crippen molar-refractivity contribution in [1.82, 2.24) is 9.88 Å². The summed E-state index contributed by atoms with van der Waals surface area (Å²) in [5, 5.41) is 11.7. The Morgan fingerprint density at radius 1 is 1.67 bits per heavy atom. The van der Waals surface area contributed by atoms with Crippen LogP contribution in [0.3, 0.4) is 0 Å². The topological polar surface area (TPSA) is 54.3 Å². The Bertz CT molecular complexity index is 427. The van der Waals surface area contributed by atoms with Gasteiger partial charge in [-0.1, -0.05) is 0 Å². The minimum atomic E-state index is -0.0296. The van der Waals surface area contributed by atoms with Crippen LogP contribution in [0.2, 0.25) is 0 Å². The van der Waals surface area contributed by atoms with Crippen molar-refractivity contribution in [1.29, 1.82) is 0 Å². The van der Waals surface area contributed by atoms with E-state index in [2.05, 4.69) is 25.8 Å². The Balaban J connectivity index is 1.99. The van der Waals surface area contributed by atoms with E-state index >= 15 is 0 Å². The van der Waals surface area contributed by atoms with Crippen molar-refractivity contribution < 1.29 is 9.90 Å². The summed E-state index contributed by atoms with van der Waals surface area (Å²) in [6, 6.07) is 2.45. The predicted molar refractivity (Wildman–Crippen MR) is 73.7 cm³/mol. The van der Waals surface area contributed by atoms with Gasteiger partial charge >= 0.3 is 0 Å². The van der Waals surface area contributed by atoms with Crippen LogP contribution in [0.4, 0.5) is 0 Å². The number of carbonyl (C=O) groups is 1. The zero-order chi connectivity index (χ0) is 13.1. The molecule has 1 amide bonds. The number of aromatic nitrogens is 1. The Hall–Kier alpha value is -0.810. The number of nitrogens with one attached hydrogen (secondary N) is 1. The van der Waals surface area contributed by atoms with E-state index in [9.17, 15) is 4.79 Å². The van der Waals surface area contributed by atoms with Crippen LogP contribution in [0, 0.1) is 0 Å². The maximum Gasteiger partial charge on any atom is 0.268 e. The average molecular weight is 315 g/mol. The van der Waals surface area contributed by atoms with Crippen LogP contribution in [-0.2, 0) is 0 Å². The first-order valence-electron chi connectivity index (χ1n) is 6.41. The summed E-state index contributed by atoms with van der Waals surface area (Å²) in [5.41, 5.74) is 0.722. The molecule has 0 spiro atoms. The zero-order valence-electron chi connectivity index (χ0n) is 10.5. The van der Waals surface area contributed by atoms with Gasteiger partial charge in [0, 0.05) is 29.4 Å². The van der Waals surface area contributed by atoms with Gasteiger partial charge < -0.3 is 15.0 Å². The first-order chi connectivity index (χ1) is 8.61. The Labute approximate surface area is 116 Å². The van der Waals surface area contributed by atoms with Gasteiger partial charge in [0.1, 0.15) is 5.69 Å². The van der Waals surface area contributed by atoms with Crippen molar-refractivity contribution in [3.05, 3.63) is 22.4 Å². The van der Waals surface area contributed by atoms with Gasteiger partial charge in [0.05, 0.1) is 0 Å². The molecule has 1 fully saturated rings. The van der Waals surface area contributed by atoms with E-state index in [0.717, 1.165) is 35.8 Å². The summed E-state index contributed by atoms with van der Waals surface area (Å²) in [6.07, 6.45) is 5.80. The van der Waals surface area contributed by atoms with Gasteiger partial charge in [0.2, 0.25) is 0 Å². The molecular formula is C13H19BrN2O2. The molecule has 0 bridgehead atoms. The van der Waals surface area contributed by atoms with Crippen LogP contribution < -0.4 is 5.32 Å². The highest BCUT2D eigenvalue weighted by Crippen LogP contribution is 2.37. The fourth-order valence-electron chi connectivity index (χ4n) is 2.05. The molecule has 1 heterocycles. The van der Waals surface area contributed by atoms with Crippen molar-refractivity contribution in [3.8, 4) is 0 Å². The quantitative estimate of drug-likeness (QED) is 0.847. The molecule has 1 saturated carbocycles. The molecule has 1 aromatic rings. The number of carbonyl (C=O) groups excluding carboxylic acids is 1. The highest BCUT2D eigenvalue weighted by molar-refractivity contribution is 9.10. The van der Waals surface area contributed by atoms with Crippen molar-refractivity contribution in [2.45, 2.75) is 44.7 Å². The van der Waals surface area contributed by atoms with Crippen molar-refractivity contribution in [2.75, 3.05) is 6.61 Å². The lowest BCUT2D eigenvalue weighted by atomic mass is 10.2. The monoisotopic (exact) mass is 314 g/mol. The SMILES string of the molecule is CC(CCCO)NC(=O)c1cc(Br)cn1C1CC1. The van der Waals surface area contributed by atoms with E-state index in [1.165, 1.54) is 0 Å². The van der Waals surface area contributed by atoms with E-state index in [4.69, 9.17) is 5.11 Å². The third kappa shape index (κ3) is 3.36. The van der Waals surface area contributed by atoms with Crippen LogP contribution in [0.25, 0.3) is 0 Å². The number of hydrogen-bond acceptors (Lipinski definition) is 2. The molecule has 1 aliphatic rings. The van der Waals surface area contributed by atoms with Crippen molar-refractivity contribution in [3.63, 3.8) is 0 Å². The van der Waals surface area contributed by atoms with Gasteiger partial charge in [-0.25, -0.2) is 0 Å². The van der Waals surface area contributed by atoms with Crippen molar-refractivity contribution >= 4 is 21.8 Å². The normalized spacial score (nSPS) is 16.6. The maximum atomic E-state index is 12.2. The molecule has 2 N–H and O–H groups in total. The van der Waals surface area contributed by atoms with E-state index < -0.39 is 0 Å². The van der Waals surface area contributed by atoms with Gasteiger partial charge in [-0.15, -0.1) is 0 Å². The molecular weight excluding hydrogens is 296 g/mol. The van der Waals surface area contributed by atoms with Crippen LogP contribution in [0.15, 0.2) is 16.7 Å². The molecule has 4 nitrogen and oxygen atoms in total. The molecule has 18 heavy (non-hydrogen) atoms. The van der Waals surface area contributed by atoms with E-state index in [0.29, 0.717) is 6.04 Å². The second-order valence-electron chi connectivity index (χ2n) is 4.92. The van der Waals surface area contributed by atoms with Crippen LogP contribution in [-0.4, -0.2) is 28.2 Å². The summed E-state index contributed by atoms with van der Waals surface area (Å²) in [6.45, 7) is 2.14. The fourth-order valence-corrected chi connectivity index (χ4v) is 2.49. The molecule has 1 aliphatic carbocycles. The molecule has 0 saturated heterocycles. The van der Waals surface area contributed by atoms with Crippen molar-refractivity contribution in [2.24, 2.45) is 0 Å². The van der Waals surface area contributed by atoms with Crippen LogP contribution >= 0.6 is 15.9 Å². The minimum absolute atomic E-state index is 0.0296. The summed E-state index contributed by atoms with van der Waals surface area (Å²) in [4.78, 5) is 12.2. The third-order valence-electron chi connectivity index (χ3n) is 3.16. The number of hydrogen-bond donors (Lipinski definition) is 2. The summed E-state index contributed by atoms with van der Waals surface area (Å²) in [7, 11) is 0. The largest absolute Gasteiger partial charge is 0.396 e. The smallest absolute Gasteiger partial charge is 0.268 e. The van der Waals surface area contributed by atoms with E-state index in [-0.39, 0.29) is 18.6 Å². The standard InChI is InChI=1S/C13H19BrN2O2/c1-9(3-2-6-17)15-13(18)12-7-10(14)8-16(12)11-4-5-11/h7-9,11,17H,2-6H2,1H3,(H,15,18). The molecule has 5 heteroatoms. The number of halogens is 1. The number of aliphatic hydroxyl groups is 1. The van der Waals surface area contributed by atoms with Gasteiger partial charge in [0.25, 0.3) is 5.91 Å². The van der Waals surface area contributed by atoms with Gasteiger partial charge in [-0.2, -0.15) is 0 Å². The van der Waals surface area contributed by atoms with Gasteiger partial charge in [-0.05, 0) is 54.6 Å². The fraction of sp³-hybridized carbons (Fsp3) is 0.615. The molecule has 100 valence electrons. The Kier molecular flexibility index (Phi) is 4.45. The molecule has 0 radical (unpaired) electrons. The highest BCUT2D eigenvalue weighted by Gasteiger charge is 2.28. The molecule has 0 aromatic carbocycles. The minimum Gasteiger partial charge on any atom is -0.396 e. The van der Waals surface area contributed by atoms with E-state index in [1.54, 1.807) is 0 Å². The molecule has 1 unspecified atom stereocenters. The summed E-state index contributed by atoms with van der Waals surface area (Å²) >= 11 is 3.42. The maximum absolute atomic E-state index is 12.2. The average Bonchev–Trinajstić information content (AvgIpc) is 3.09. The summed E-state index contributed by atoms with van der Waals surface area (Å²) in [5.74, 6) is -0.0296. The lowest BCUT2D eigenvalue weighted by Gasteiger charge is -2.14. The Morgan fingerprint density at radius 2 is 2.39 bits per heavy atom. The number of aliphatic hydroxyl groups excluding tert-OH is 1. The lowest BCUT2D eigenvalue weighted by molar-refractivity contribution is 0.0927. The lowest BCUT2D eigenvalue weighted by Crippen LogP contribution is -2.33. The molecule has 0 aliphatic heterocycles. The number of rotatable bonds is 6. The van der Waals surface area contributed by atoms with E-state index in [1.807, 2.05) is 19.2 Å². The predicted octanol–water partition coefficient (Wildman–Crippen LogP) is 2.48. The molecule has 1 atom stereocenters. The Morgan fingerprint density at radius 3 is 3.00 bits per heavy atom. The first-order valence-corrected chi connectivity index (χ1v) is 7.20. The first kappa shape index (κ1) is 13.6. The van der Waals surface area contributed by atoms with Gasteiger partial charge in [0.15, 0.2) is 0 Å². The zero-order valence-corrected chi connectivity index (χ0v) is 12.1. The van der Waals surface area contributed by atoms with Crippen LogP contribution in [0.5, 0.6) is 0 Å².